The molecule has 1 aromatic carbocycles. The molecule has 1 amide bonds. The van der Waals surface area contributed by atoms with E-state index in [1.807, 2.05) is 37.8 Å². The summed E-state index contributed by atoms with van der Waals surface area (Å²) in [5.41, 5.74) is 0.666. The molecule has 20 heavy (non-hydrogen) atoms. The number of halogens is 2. The summed E-state index contributed by atoms with van der Waals surface area (Å²) in [7, 11) is 0. The molecule has 0 spiro atoms. The molecule has 0 aliphatic carbocycles. The number of nitrogens with zero attached hydrogens (tertiary/aromatic N) is 2. The number of amides is 1. The van der Waals surface area contributed by atoms with Gasteiger partial charge in [0.2, 0.25) is 5.91 Å². The lowest BCUT2D eigenvalue weighted by Gasteiger charge is -2.39. The van der Waals surface area contributed by atoms with E-state index in [1.165, 1.54) is 0 Å². The van der Waals surface area contributed by atoms with E-state index in [-0.39, 0.29) is 11.3 Å². The molecule has 3 nitrogen and oxygen atoms in total. The van der Waals surface area contributed by atoms with Gasteiger partial charge in [0.05, 0.1) is 10.7 Å². The fourth-order valence-electron chi connectivity index (χ4n) is 2.36. The van der Waals surface area contributed by atoms with Gasteiger partial charge in [-0.3, -0.25) is 4.79 Å². The molecular weight excluding hydrogens is 295 g/mol. The zero-order valence-corrected chi connectivity index (χ0v) is 13.6. The zero-order chi connectivity index (χ0) is 14.9. The first-order valence-corrected chi connectivity index (χ1v) is 7.54. The Morgan fingerprint density at radius 2 is 1.70 bits per heavy atom. The fourth-order valence-corrected chi connectivity index (χ4v) is 2.89. The highest BCUT2D eigenvalue weighted by atomic mass is 35.5. The van der Waals surface area contributed by atoms with Crippen LogP contribution in [0.15, 0.2) is 18.2 Å². The van der Waals surface area contributed by atoms with Gasteiger partial charge in [-0.2, -0.15) is 0 Å². The average Bonchev–Trinajstić information content (AvgIpc) is 2.37. The third kappa shape index (κ3) is 3.39. The summed E-state index contributed by atoms with van der Waals surface area (Å²) in [6.45, 7) is 8.92. The molecule has 0 N–H and O–H groups in total. The topological polar surface area (TPSA) is 23.6 Å². The minimum atomic E-state index is -0.319. The predicted octanol–water partition coefficient (Wildman–Crippen LogP) is 3.69. The van der Waals surface area contributed by atoms with Crippen molar-refractivity contribution in [2.45, 2.75) is 20.8 Å². The van der Waals surface area contributed by atoms with Gasteiger partial charge in [-0.15, -0.1) is 0 Å². The Kier molecular flexibility index (Phi) is 4.50. The molecule has 1 aliphatic heterocycles. The molecule has 1 aliphatic rings. The van der Waals surface area contributed by atoms with Crippen molar-refractivity contribution in [3.8, 4) is 0 Å². The molecular formula is C15H20Cl2N2O. The molecule has 2 rings (SSSR count). The smallest absolute Gasteiger partial charge is 0.228 e. The second-order valence-electron chi connectivity index (χ2n) is 6.12. The molecule has 0 saturated carbocycles. The van der Waals surface area contributed by atoms with Crippen molar-refractivity contribution >= 4 is 34.8 Å². The van der Waals surface area contributed by atoms with Crippen molar-refractivity contribution in [1.29, 1.82) is 0 Å². The number of carbonyl (C=O) groups excluding carboxylic acids is 1. The predicted molar refractivity (Wildman–Crippen MR) is 84.7 cm³/mol. The van der Waals surface area contributed by atoms with Crippen LogP contribution in [0.25, 0.3) is 0 Å². The molecule has 0 radical (unpaired) electrons. The fraction of sp³-hybridized carbons (Fsp3) is 0.533. The van der Waals surface area contributed by atoms with Crippen molar-refractivity contribution in [2.75, 3.05) is 31.1 Å². The molecule has 5 heteroatoms. The number of benzene rings is 1. The number of rotatable bonds is 1. The second-order valence-corrected chi connectivity index (χ2v) is 6.97. The minimum Gasteiger partial charge on any atom is -0.367 e. The Balaban J connectivity index is 2.03. The van der Waals surface area contributed by atoms with Crippen LogP contribution in [0, 0.1) is 5.41 Å². The van der Waals surface area contributed by atoms with Gasteiger partial charge in [0.25, 0.3) is 0 Å². The van der Waals surface area contributed by atoms with E-state index in [0.717, 1.165) is 31.9 Å². The van der Waals surface area contributed by atoms with Crippen LogP contribution >= 0.6 is 23.2 Å². The van der Waals surface area contributed by atoms with Gasteiger partial charge >= 0.3 is 0 Å². The van der Waals surface area contributed by atoms with E-state index in [0.29, 0.717) is 10.0 Å². The van der Waals surface area contributed by atoms with Crippen molar-refractivity contribution in [2.24, 2.45) is 5.41 Å². The molecule has 1 aromatic rings. The molecule has 1 fully saturated rings. The highest BCUT2D eigenvalue weighted by Crippen LogP contribution is 2.30. The monoisotopic (exact) mass is 314 g/mol. The van der Waals surface area contributed by atoms with Crippen LogP contribution in [0.4, 0.5) is 5.69 Å². The second kappa shape index (κ2) is 5.82. The van der Waals surface area contributed by atoms with Crippen LogP contribution in [0.1, 0.15) is 20.8 Å². The Morgan fingerprint density at radius 1 is 1.10 bits per heavy atom. The SMILES string of the molecule is CC(C)(C)C(=O)N1CCN(c2ccc(Cl)cc2Cl)CC1. The molecule has 0 unspecified atom stereocenters. The highest BCUT2D eigenvalue weighted by Gasteiger charge is 2.30. The van der Waals surface area contributed by atoms with Crippen molar-refractivity contribution in [1.82, 2.24) is 4.90 Å². The van der Waals surface area contributed by atoms with Crippen molar-refractivity contribution in [3.63, 3.8) is 0 Å². The van der Waals surface area contributed by atoms with Crippen LogP contribution < -0.4 is 4.90 Å². The maximum absolute atomic E-state index is 12.2. The van der Waals surface area contributed by atoms with Gasteiger partial charge in [-0.05, 0) is 18.2 Å². The third-order valence-electron chi connectivity index (χ3n) is 3.46. The van der Waals surface area contributed by atoms with Gasteiger partial charge in [0, 0.05) is 36.6 Å². The molecule has 110 valence electrons. The van der Waals surface area contributed by atoms with Crippen LogP contribution in [-0.2, 0) is 4.79 Å². The Morgan fingerprint density at radius 3 is 2.20 bits per heavy atom. The first-order valence-electron chi connectivity index (χ1n) is 6.78. The summed E-state index contributed by atoms with van der Waals surface area (Å²) >= 11 is 12.1. The number of hydrogen-bond donors (Lipinski definition) is 0. The Bertz CT molecular complexity index is 503. The van der Waals surface area contributed by atoms with Gasteiger partial charge in [-0.1, -0.05) is 44.0 Å². The van der Waals surface area contributed by atoms with Gasteiger partial charge in [-0.25, -0.2) is 0 Å². The van der Waals surface area contributed by atoms with E-state index in [2.05, 4.69) is 4.90 Å². The maximum Gasteiger partial charge on any atom is 0.228 e. The zero-order valence-electron chi connectivity index (χ0n) is 12.1. The van der Waals surface area contributed by atoms with Crippen LogP contribution in [0.2, 0.25) is 10.0 Å². The summed E-state index contributed by atoms with van der Waals surface area (Å²) in [6.07, 6.45) is 0. The maximum atomic E-state index is 12.2. The quantitative estimate of drug-likeness (QED) is 0.789. The minimum absolute atomic E-state index is 0.208. The highest BCUT2D eigenvalue weighted by molar-refractivity contribution is 6.36. The van der Waals surface area contributed by atoms with Crippen LogP contribution in [0.3, 0.4) is 0 Å². The molecule has 0 aromatic heterocycles. The molecule has 0 bridgehead atoms. The van der Waals surface area contributed by atoms with Crippen molar-refractivity contribution < 1.29 is 4.79 Å². The van der Waals surface area contributed by atoms with E-state index < -0.39 is 0 Å². The van der Waals surface area contributed by atoms with Crippen molar-refractivity contribution in [3.05, 3.63) is 28.2 Å². The summed E-state index contributed by atoms with van der Waals surface area (Å²) in [4.78, 5) is 16.4. The van der Waals surface area contributed by atoms with Gasteiger partial charge < -0.3 is 9.80 Å². The van der Waals surface area contributed by atoms with Gasteiger partial charge in [0.15, 0.2) is 0 Å². The van der Waals surface area contributed by atoms with Gasteiger partial charge in [0.1, 0.15) is 0 Å². The van der Waals surface area contributed by atoms with E-state index in [1.54, 1.807) is 6.07 Å². The lowest BCUT2D eigenvalue weighted by Crippen LogP contribution is -2.51. The van der Waals surface area contributed by atoms with E-state index in [9.17, 15) is 4.79 Å². The lowest BCUT2D eigenvalue weighted by atomic mass is 9.94. The summed E-state index contributed by atoms with van der Waals surface area (Å²) in [5, 5.41) is 1.30. The summed E-state index contributed by atoms with van der Waals surface area (Å²) < 4.78 is 0. The number of piperazine rings is 1. The van der Waals surface area contributed by atoms with Crippen LogP contribution in [-0.4, -0.2) is 37.0 Å². The first kappa shape index (κ1) is 15.5. The molecule has 0 atom stereocenters. The van der Waals surface area contributed by atoms with E-state index in [4.69, 9.17) is 23.2 Å². The lowest BCUT2D eigenvalue weighted by molar-refractivity contribution is -0.139. The number of carbonyl (C=O) groups is 1. The van der Waals surface area contributed by atoms with Crippen LogP contribution in [0.5, 0.6) is 0 Å². The van der Waals surface area contributed by atoms with E-state index >= 15 is 0 Å². The Labute approximate surface area is 130 Å². The first-order chi connectivity index (χ1) is 9.29. The summed E-state index contributed by atoms with van der Waals surface area (Å²) in [6, 6.07) is 5.53. The normalized spacial score (nSPS) is 16.4. The summed E-state index contributed by atoms with van der Waals surface area (Å²) in [5.74, 6) is 0.208. The standard InChI is InChI=1S/C15H20Cl2N2O/c1-15(2,3)14(20)19-8-6-18(7-9-19)13-5-4-11(16)10-12(13)17/h4-5,10H,6-9H2,1-3H3. The number of anilines is 1. The molecule has 1 heterocycles. The average molecular weight is 315 g/mol. The third-order valence-corrected chi connectivity index (χ3v) is 4.00. The molecule has 1 saturated heterocycles. The largest absolute Gasteiger partial charge is 0.367 e. The Hall–Kier alpha value is -0.930. The number of hydrogen-bond acceptors (Lipinski definition) is 2.